The zero-order chi connectivity index (χ0) is 22.8. The number of rotatable bonds is 10. The maximum atomic E-state index is 11.3. The molecule has 0 bridgehead atoms. The zero-order valence-electron chi connectivity index (χ0n) is 16.5. The largest absolute Gasteiger partial charge is 0.371 e. The van der Waals surface area contributed by atoms with Crippen LogP contribution in [0.25, 0.3) is 4.25 Å². The third-order valence-electron chi connectivity index (χ3n) is 4.07. The molecule has 0 fully saturated rings. The lowest BCUT2D eigenvalue weighted by Crippen LogP contribution is -2.24. The van der Waals surface area contributed by atoms with Crippen LogP contribution in [0.2, 0.25) is 0 Å². The molecule has 0 heterocycles. The fourth-order valence-electron chi connectivity index (χ4n) is 2.70. The van der Waals surface area contributed by atoms with Crippen molar-refractivity contribution in [3.63, 3.8) is 0 Å². The van der Waals surface area contributed by atoms with Crippen molar-refractivity contribution < 1.29 is 9.85 Å². The fourth-order valence-corrected chi connectivity index (χ4v) is 3.19. The maximum Gasteiger partial charge on any atom is 0.303 e. The first-order valence-corrected chi connectivity index (χ1v) is 9.82. The maximum absolute atomic E-state index is 11.3. The molecular weight excluding hydrogens is 422 g/mol. The van der Waals surface area contributed by atoms with E-state index in [2.05, 4.69) is 25.4 Å². The van der Waals surface area contributed by atoms with Crippen LogP contribution in [0, 0.1) is 38.1 Å². The number of hydrogen-bond donors (Lipinski definition) is 0. The summed E-state index contributed by atoms with van der Waals surface area (Å²) in [6, 6.07) is 11.0. The molecule has 0 radical (unpaired) electrons. The highest BCUT2D eigenvalue weighted by atomic mass is 32.2. The van der Waals surface area contributed by atoms with E-state index in [4.69, 9.17) is 11.8 Å². The molecule has 158 valence electrons. The summed E-state index contributed by atoms with van der Waals surface area (Å²) >= 11 is 0.500. The van der Waals surface area contributed by atoms with E-state index >= 15 is 0 Å². The summed E-state index contributed by atoms with van der Waals surface area (Å²) in [6.07, 6.45) is 1.32. The van der Waals surface area contributed by atoms with Crippen molar-refractivity contribution in [2.45, 2.75) is 24.7 Å². The van der Waals surface area contributed by atoms with Crippen LogP contribution in [0.5, 0.6) is 0 Å². The van der Waals surface area contributed by atoms with Crippen molar-refractivity contribution in [2.75, 3.05) is 18.0 Å². The van der Waals surface area contributed by atoms with Gasteiger partial charge in [0, 0.05) is 24.8 Å². The Morgan fingerprint density at radius 1 is 1.13 bits per heavy atom. The van der Waals surface area contributed by atoms with Crippen LogP contribution in [0.3, 0.4) is 0 Å². The molecule has 12 heteroatoms. The van der Waals surface area contributed by atoms with Gasteiger partial charge in [-0.15, -0.1) is 5.11 Å². The van der Waals surface area contributed by atoms with Gasteiger partial charge in [0.15, 0.2) is 10.6 Å². The van der Waals surface area contributed by atoms with Gasteiger partial charge in [-0.1, -0.05) is 6.92 Å². The van der Waals surface area contributed by atoms with E-state index in [-0.39, 0.29) is 10.6 Å². The van der Waals surface area contributed by atoms with Gasteiger partial charge in [-0.2, -0.15) is 10.4 Å². The summed E-state index contributed by atoms with van der Waals surface area (Å²) in [6.45, 7) is 10.3. The van der Waals surface area contributed by atoms with Gasteiger partial charge in [-0.25, -0.2) is 10.8 Å². The predicted octanol–water partition coefficient (Wildman–Crippen LogP) is 5.97. The molecular formula is C19H17N7O4S. The van der Waals surface area contributed by atoms with Gasteiger partial charge in [0.25, 0.3) is 5.69 Å². The number of benzene rings is 2. The molecule has 0 aliphatic rings. The molecule has 0 spiro atoms. The Balaban J connectivity index is 2.35. The van der Waals surface area contributed by atoms with Gasteiger partial charge >= 0.3 is 17.6 Å². The number of azo groups is 1. The number of anilines is 1. The average molecular weight is 439 g/mol. The number of nitriles is 1. The van der Waals surface area contributed by atoms with Crippen molar-refractivity contribution in [2.24, 2.45) is 10.2 Å². The van der Waals surface area contributed by atoms with E-state index in [1.807, 2.05) is 19.1 Å². The second kappa shape index (κ2) is 11.2. The highest BCUT2D eigenvalue weighted by Gasteiger charge is 2.27. The molecule has 0 aromatic heterocycles. The van der Waals surface area contributed by atoms with Crippen LogP contribution in [0.1, 0.15) is 19.8 Å². The summed E-state index contributed by atoms with van der Waals surface area (Å²) in [5.74, 6) is 0. The molecule has 0 unspecified atom stereocenters. The number of nitro groups is 2. The topological polar surface area (TPSA) is 142 Å². The molecule has 0 amide bonds. The summed E-state index contributed by atoms with van der Waals surface area (Å²) in [5.41, 5.74) is 0.0319. The number of nitro benzene ring substituents is 2. The lowest BCUT2D eigenvalue weighted by atomic mass is 10.2. The number of hydrogen-bond acceptors (Lipinski definition) is 9. The molecule has 11 nitrogen and oxygen atoms in total. The fraction of sp³-hybridized carbons (Fsp3) is 0.263. The number of nitrogens with zero attached hydrogens (tertiary/aromatic N) is 7. The minimum atomic E-state index is -0.783. The van der Waals surface area contributed by atoms with Crippen molar-refractivity contribution in [3.05, 3.63) is 67.4 Å². The van der Waals surface area contributed by atoms with E-state index in [1.54, 1.807) is 12.1 Å². The van der Waals surface area contributed by atoms with Gasteiger partial charge < -0.3 is 4.90 Å². The normalized spacial score (nSPS) is 10.4. The third-order valence-corrected chi connectivity index (χ3v) is 4.68. The van der Waals surface area contributed by atoms with Crippen molar-refractivity contribution in [1.29, 1.82) is 5.26 Å². The molecule has 2 aromatic carbocycles. The molecule has 2 aromatic rings. The van der Waals surface area contributed by atoms with Crippen LogP contribution in [-0.2, 0) is 0 Å². The van der Waals surface area contributed by atoms with Crippen LogP contribution in [0.4, 0.5) is 28.4 Å². The van der Waals surface area contributed by atoms with Crippen molar-refractivity contribution >= 4 is 40.4 Å². The Morgan fingerprint density at radius 3 is 2.35 bits per heavy atom. The molecule has 2 rings (SSSR count). The van der Waals surface area contributed by atoms with Crippen LogP contribution < -0.4 is 4.90 Å². The standard InChI is InChI=1S/C19H17N7O4S/c1-3-10-24(11-4-9-20)15-7-5-14(6-8-15)22-23-16-12-19(31-21-2)18(26(29)30)13-17(16)25(27)28/h5-8,12-13H,3-4,10-11H2,1H3. The predicted molar refractivity (Wildman–Crippen MR) is 116 cm³/mol. The van der Waals surface area contributed by atoms with Crippen LogP contribution >= 0.6 is 11.9 Å². The quantitative estimate of drug-likeness (QED) is 0.146. The lowest BCUT2D eigenvalue weighted by Gasteiger charge is -2.23. The van der Waals surface area contributed by atoms with E-state index in [0.29, 0.717) is 30.6 Å². The molecule has 0 saturated carbocycles. The molecule has 0 aliphatic heterocycles. The monoisotopic (exact) mass is 439 g/mol. The highest BCUT2D eigenvalue weighted by molar-refractivity contribution is 8.01. The summed E-state index contributed by atoms with van der Waals surface area (Å²) in [7, 11) is 0. The van der Waals surface area contributed by atoms with E-state index in [9.17, 15) is 20.2 Å². The Kier molecular flexibility index (Phi) is 8.42. The van der Waals surface area contributed by atoms with Crippen LogP contribution in [-0.4, -0.2) is 22.9 Å². The summed E-state index contributed by atoms with van der Waals surface area (Å²) < 4.78 is 3.04. The van der Waals surface area contributed by atoms with Gasteiger partial charge in [0.1, 0.15) is 0 Å². The second-order valence-corrected chi connectivity index (χ2v) is 6.92. The highest BCUT2D eigenvalue weighted by Crippen LogP contribution is 2.40. The molecule has 0 atom stereocenters. The first-order valence-electron chi connectivity index (χ1n) is 9.05. The first-order chi connectivity index (χ1) is 14.9. The second-order valence-electron chi connectivity index (χ2n) is 6.12. The van der Waals surface area contributed by atoms with Crippen molar-refractivity contribution in [1.82, 2.24) is 0 Å². The smallest absolute Gasteiger partial charge is 0.303 e. The third kappa shape index (κ3) is 6.22. The average Bonchev–Trinajstić information content (AvgIpc) is 2.75. The zero-order valence-corrected chi connectivity index (χ0v) is 17.3. The van der Waals surface area contributed by atoms with Gasteiger partial charge in [-0.05, 0) is 30.7 Å². The van der Waals surface area contributed by atoms with E-state index in [1.165, 1.54) is 0 Å². The summed E-state index contributed by atoms with van der Waals surface area (Å²) in [4.78, 5) is 22.9. The Labute approximate surface area is 182 Å². The molecule has 0 aliphatic carbocycles. The molecule has 31 heavy (non-hydrogen) atoms. The van der Waals surface area contributed by atoms with E-state index < -0.39 is 21.2 Å². The van der Waals surface area contributed by atoms with E-state index in [0.717, 1.165) is 30.8 Å². The van der Waals surface area contributed by atoms with Gasteiger partial charge in [0.05, 0.1) is 34.1 Å². The van der Waals surface area contributed by atoms with Crippen LogP contribution in [0.15, 0.2) is 51.5 Å². The molecule has 0 N–H and O–H groups in total. The Morgan fingerprint density at radius 2 is 1.81 bits per heavy atom. The Hall–Kier alpha value is -4.03. The Bertz CT molecular complexity index is 1070. The first kappa shape index (κ1) is 23.3. The minimum Gasteiger partial charge on any atom is -0.371 e. The summed E-state index contributed by atoms with van der Waals surface area (Å²) in [5, 5.41) is 39.2. The van der Waals surface area contributed by atoms with Gasteiger partial charge in [-0.3, -0.25) is 20.2 Å². The minimum absolute atomic E-state index is 0.0531. The SMILES string of the molecule is [C-]#[N+]Sc1cc(N=Nc2ccc(N(CCC)CCC#N)cc2)c([N+](=O)[O-])cc1[N+](=O)[O-]. The van der Waals surface area contributed by atoms with Gasteiger partial charge in [0.2, 0.25) is 0 Å². The molecule has 0 saturated heterocycles. The lowest BCUT2D eigenvalue weighted by molar-refractivity contribution is -0.395. The van der Waals surface area contributed by atoms with Crippen molar-refractivity contribution in [3.8, 4) is 6.07 Å².